The average molecular weight is 540 g/mol. The lowest BCUT2D eigenvalue weighted by Crippen LogP contribution is -2.49. The molecule has 3 rings (SSSR count). The maximum Gasteiger partial charge on any atom is 0.175 e. The Hall–Kier alpha value is -2.72. The highest BCUT2D eigenvalue weighted by atomic mass is 35.5. The fourth-order valence-corrected chi connectivity index (χ4v) is 5.06. The molecule has 0 aromatic heterocycles. The van der Waals surface area contributed by atoms with E-state index in [2.05, 4.69) is 12.6 Å². The number of halogens is 2. The predicted molar refractivity (Wildman–Crippen MR) is 148 cm³/mol. The fraction of sp³-hybridized carbons (Fsp3) is 0.333. The number of nitriles is 1. The lowest BCUT2D eigenvalue weighted by Gasteiger charge is -2.45. The van der Waals surface area contributed by atoms with Crippen molar-refractivity contribution in [3.8, 4) is 6.07 Å². The van der Waals surface area contributed by atoms with Gasteiger partial charge in [-0.1, -0.05) is 60.1 Å². The van der Waals surface area contributed by atoms with E-state index < -0.39 is 5.72 Å². The molecule has 1 fully saturated rings. The second-order valence-corrected chi connectivity index (χ2v) is 10.3. The highest BCUT2D eigenvalue weighted by molar-refractivity contribution is 6.32. The highest BCUT2D eigenvalue weighted by Crippen LogP contribution is 2.52. The zero-order valence-electron chi connectivity index (χ0n) is 21.2. The van der Waals surface area contributed by atoms with Crippen molar-refractivity contribution >= 4 is 29.5 Å². The largest absolute Gasteiger partial charge is 0.396 e. The maximum atomic E-state index is 12.2. The van der Waals surface area contributed by atoms with Gasteiger partial charge < -0.3 is 9.84 Å². The maximum absolute atomic E-state index is 12.2. The summed E-state index contributed by atoms with van der Waals surface area (Å²) in [5, 5.41) is 19.8. The molecule has 37 heavy (non-hydrogen) atoms. The Bertz CT molecular complexity index is 1210. The molecule has 0 bridgehead atoms. The van der Waals surface area contributed by atoms with Crippen molar-refractivity contribution in [1.82, 2.24) is 4.90 Å². The third-order valence-electron chi connectivity index (χ3n) is 6.88. The number of hydrogen-bond acceptors (Lipinski definition) is 5. The van der Waals surface area contributed by atoms with Crippen LogP contribution in [0.25, 0.3) is 0 Å². The van der Waals surface area contributed by atoms with Crippen molar-refractivity contribution in [3.05, 3.63) is 105 Å². The molecule has 1 unspecified atom stereocenters. The fourth-order valence-electron chi connectivity index (χ4n) is 4.57. The first-order valence-corrected chi connectivity index (χ1v) is 12.9. The quantitative estimate of drug-likeness (QED) is 0.136. The third-order valence-corrected chi connectivity index (χ3v) is 7.44. The second-order valence-electron chi connectivity index (χ2n) is 9.50. The third kappa shape index (κ3) is 6.59. The number of benzene rings is 2. The number of aliphatic hydroxyl groups is 1. The van der Waals surface area contributed by atoms with Gasteiger partial charge in [-0.25, -0.2) is 0 Å². The number of nitrogens with zero attached hydrogens (tertiary/aromatic N) is 2. The summed E-state index contributed by atoms with van der Waals surface area (Å²) in [6.07, 6.45) is 6.52. The lowest BCUT2D eigenvalue weighted by atomic mass is 9.87. The van der Waals surface area contributed by atoms with Crippen molar-refractivity contribution < 1.29 is 14.6 Å². The van der Waals surface area contributed by atoms with Crippen LogP contribution in [0.15, 0.2) is 83.4 Å². The normalized spacial score (nSPS) is 16.9. The topological polar surface area (TPSA) is 73.6 Å². The average Bonchev–Trinajstić information content (AvgIpc) is 3.67. The van der Waals surface area contributed by atoms with Crippen LogP contribution in [-0.4, -0.2) is 36.6 Å². The zero-order chi connectivity index (χ0) is 27.1. The number of ether oxygens (including phenoxy) is 1. The number of allylic oxidation sites excluding steroid dienone is 3. The first-order chi connectivity index (χ1) is 17.7. The van der Waals surface area contributed by atoms with E-state index >= 15 is 0 Å². The van der Waals surface area contributed by atoms with E-state index in [1.54, 1.807) is 43.3 Å². The van der Waals surface area contributed by atoms with Gasteiger partial charge in [-0.2, -0.15) is 5.26 Å². The van der Waals surface area contributed by atoms with E-state index in [1.807, 2.05) is 36.2 Å². The summed E-state index contributed by atoms with van der Waals surface area (Å²) in [7, 11) is 1.91. The van der Waals surface area contributed by atoms with Gasteiger partial charge in [-0.3, -0.25) is 9.69 Å². The van der Waals surface area contributed by atoms with E-state index in [0.29, 0.717) is 46.3 Å². The molecule has 0 aliphatic heterocycles. The Morgan fingerprint density at radius 1 is 1.24 bits per heavy atom. The minimum absolute atomic E-state index is 0.0750. The SMILES string of the molecule is C=C/C=C(Cl)\C(=C(/C)C=O)C(OCC1(CCO)CC1)(c1ccc(Cl)cc1)N(C)Cc1ccc(C#N)cc1. The van der Waals surface area contributed by atoms with Gasteiger partial charge in [0.05, 0.1) is 18.2 Å². The molecule has 0 saturated heterocycles. The summed E-state index contributed by atoms with van der Waals surface area (Å²) >= 11 is 13.1. The monoisotopic (exact) mass is 538 g/mol. The predicted octanol–water partition coefficient (Wildman–Crippen LogP) is 6.50. The Morgan fingerprint density at radius 3 is 2.41 bits per heavy atom. The molecule has 0 heterocycles. The number of aliphatic hydroxyl groups excluding tert-OH is 1. The van der Waals surface area contributed by atoms with E-state index in [9.17, 15) is 15.2 Å². The lowest BCUT2D eigenvalue weighted by molar-refractivity contribution is -0.144. The summed E-state index contributed by atoms with van der Waals surface area (Å²) in [4.78, 5) is 14.2. The van der Waals surface area contributed by atoms with E-state index in [-0.39, 0.29) is 12.0 Å². The van der Waals surface area contributed by atoms with Crippen LogP contribution in [0.3, 0.4) is 0 Å². The Morgan fingerprint density at radius 2 is 1.89 bits per heavy atom. The summed E-state index contributed by atoms with van der Waals surface area (Å²) in [5.74, 6) is 0. The number of aldehydes is 1. The molecule has 1 aliphatic rings. The minimum Gasteiger partial charge on any atom is -0.396 e. The van der Waals surface area contributed by atoms with E-state index in [1.165, 1.54) is 0 Å². The van der Waals surface area contributed by atoms with Crippen LogP contribution in [0.5, 0.6) is 0 Å². The molecule has 0 spiro atoms. The molecule has 1 atom stereocenters. The molecule has 0 amide bonds. The van der Waals surface area contributed by atoms with Crippen LogP contribution in [-0.2, 0) is 21.8 Å². The number of likely N-dealkylation sites (N-methyl/N-ethyl adjacent to an activating group) is 1. The van der Waals surface area contributed by atoms with Gasteiger partial charge in [0.15, 0.2) is 5.72 Å². The molecule has 1 aliphatic carbocycles. The van der Waals surface area contributed by atoms with Gasteiger partial charge in [0.25, 0.3) is 0 Å². The first kappa shape index (κ1) is 28.8. The van der Waals surface area contributed by atoms with Gasteiger partial charge in [0.1, 0.15) is 6.29 Å². The van der Waals surface area contributed by atoms with Crippen molar-refractivity contribution in [2.75, 3.05) is 20.3 Å². The standard InChI is InChI=1S/C30H32Cl2N2O3/c1-4-5-27(32)28(22(2)20-36)30(25-10-12-26(31)13-11-25,37-21-29(14-15-29)16-17-35)34(3)19-24-8-6-23(18-33)7-9-24/h4-13,20,35H,1,14-17,19,21H2,2-3H3/b27-5+,28-22-. The van der Waals surface area contributed by atoms with Crippen LogP contribution >= 0.6 is 23.2 Å². The van der Waals surface area contributed by atoms with Crippen molar-refractivity contribution in [1.29, 1.82) is 5.26 Å². The molecular weight excluding hydrogens is 507 g/mol. The number of rotatable bonds is 13. The second kappa shape index (κ2) is 12.7. The van der Waals surface area contributed by atoms with Crippen LogP contribution < -0.4 is 0 Å². The van der Waals surface area contributed by atoms with Crippen molar-refractivity contribution in [3.63, 3.8) is 0 Å². The van der Waals surface area contributed by atoms with Gasteiger partial charge >= 0.3 is 0 Å². The molecule has 1 N–H and O–H groups in total. The molecule has 2 aromatic rings. The number of carbonyl (C=O) groups excluding carboxylic acids is 1. The van der Waals surface area contributed by atoms with E-state index in [4.69, 9.17) is 27.9 Å². The Balaban J connectivity index is 2.24. The molecule has 2 aromatic carbocycles. The van der Waals surface area contributed by atoms with Gasteiger partial charge in [-0.05, 0) is 80.1 Å². The van der Waals surface area contributed by atoms with Crippen LogP contribution in [0, 0.1) is 16.7 Å². The van der Waals surface area contributed by atoms with Crippen molar-refractivity contribution in [2.24, 2.45) is 5.41 Å². The van der Waals surface area contributed by atoms with E-state index in [0.717, 1.165) is 30.3 Å². The first-order valence-electron chi connectivity index (χ1n) is 12.1. The number of hydrogen-bond donors (Lipinski definition) is 1. The summed E-state index contributed by atoms with van der Waals surface area (Å²) in [6, 6.07) is 16.8. The highest BCUT2D eigenvalue weighted by Gasteiger charge is 2.49. The summed E-state index contributed by atoms with van der Waals surface area (Å²) in [5.41, 5.74) is 1.79. The van der Waals surface area contributed by atoms with Gasteiger partial charge in [0, 0.05) is 34.3 Å². The Labute approximate surface area is 229 Å². The molecule has 7 heteroatoms. The molecule has 1 saturated carbocycles. The minimum atomic E-state index is -1.27. The van der Waals surface area contributed by atoms with Crippen LogP contribution in [0.4, 0.5) is 0 Å². The summed E-state index contributed by atoms with van der Waals surface area (Å²) < 4.78 is 6.91. The zero-order valence-corrected chi connectivity index (χ0v) is 22.7. The van der Waals surface area contributed by atoms with Crippen molar-refractivity contribution in [2.45, 2.75) is 38.5 Å². The van der Waals surface area contributed by atoms with Crippen LogP contribution in [0.1, 0.15) is 42.9 Å². The molecule has 0 radical (unpaired) electrons. The number of carbonyl (C=O) groups is 1. The molecule has 5 nitrogen and oxygen atoms in total. The Kier molecular flexibility index (Phi) is 9.89. The summed E-state index contributed by atoms with van der Waals surface area (Å²) in [6.45, 7) is 6.36. The smallest absolute Gasteiger partial charge is 0.175 e. The van der Waals surface area contributed by atoms with Crippen LogP contribution in [0.2, 0.25) is 5.02 Å². The molecule has 194 valence electrons. The van der Waals surface area contributed by atoms with Gasteiger partial charge in [0.2, 0.25) is 0 Å². The van der Waals surface area contributed by atoms with Gasteiger partial charge in [-0.15, -0.1) is 0 Å². The molecular formula is C30H32Cl2N2O3.